The van der Waals surface area contributed by atoms with Gasteiger partial charge in [0.1, 0.15) is 0 Å². The van der Waals surface area contributed by atoms with Gasteiger partial charge in [0.25, 0.3) is 0 Å². The summed E-state index contributed by atoms with van der Waals surface area (Å²) in [7, 11) is 0. The normalized spacial score (nSPS) is 12.9. The zero-order valence-corrected chi connectivity index (χ0v) is 11.2. The van der Waals surface area contributed by atoms with Crippen LogP contribution in [0.15, 0.2) is 30.3 Å². The Kier molecular flexibility index (Phi) is 5.59. The summed E-state index contributed by atoms with van der Waals surface area (Å²) < 4.78 is 0. The van der Waals surface area contributed by atoms with Crippen LogP contribution in [0.4, 0.5) is 0 Å². The van der Waals surface area contributed by atoms with E-state index in [-0.39, 0.29) is 12.5 Å². The van der Waals surface area contributed by atoms with E-state index in [4.69, 9.17) is 5.11 Å². The van der Waals surface area contributed by atoms with Crippen LogP contribution in [0.1, 0.15) is 37.8 Å². The maximum atomic E-state index is 11.4. The van der Waals surface area contributed by atoms with E-state index in [9.17, 15) is 4.79 Å². The predicted molar refractivity (Wildman–Crippen MR) is 74.3 cm³/mol. The van der Waals surface area contributed by atoms with Gasteiger partial charge in [-0.3, -0.25) is 4.79 Å². The van der Waals surface area contributed by atoms with Crippen LogP contribution in [0.25, 0.3) is 6.08 Å². The Bertz CT molecular complexity index is 405. The first-order valence-corrected chi connectivity index (χ1v) is 6.23. The summed E-state index contributed by atoms with van der Waals surface area (Å²) in [5.41, 5.74) is 2.28. The third kappa shape index (κ3) is 5.15. The van der Waals surface area contributed by atoms with E-state index in [0.717, 1.165) is 5.56 Å². The molecule has 0 fully saturated rings. The molecule has 0 aliphatic heterocycles. The lowest BCUT2D eigenvalue weighted by atomic mass is 10.0. The number of aliphatic hydroxyl groups is 1. The molecule has 3 heteroatoms. The molecule has 1 aromatic carbocycles. The summed E-state index contributed by atoms with van der Waals surface area (Å²) in [5, 5.41) is 11.6. The highest BCUT2D eigenvalue weighted by Crippen LogP contribution is 2.15. The highest BCUT2D eigenvalue weighted by molar-refractivity contribution is 5.91. The number of hydrogen-bond donors (Lipinski definition) is 2. The standard InChI is InChI=1S/C15H21NO2/c1-11(2)14-7-4-13(5-8-14)6-9-15(18)16-10-12(3)17/h4-9,11-12,17H,10H2,1-3H3,(H,16,18)/b9-6+/t12-/m1/s1. The lowest BCUT2D eigenvalue weighted by Crippen LogP contribution is -2.28. The van der Waals surface area contributed by atoms with Gasteiger partial charge in [0.15, 0.2) is 0 Å². The summed E-state index contributed by atoms with van der Waals surface area (Å²) in [6.45, 7) is 6.20. The molecule has 2 N–H and O–H groups in total. The van der Waals surface area contributed by atoms with Gasteiger partial charge in [-0.2, -0.15) is 0 Å². The minimum atomic E-state index is -0.521. The maximum absolute atomic E-state index is 11.4. The van der Waals surface area contributed by atoms with Crippen molar-refractivity contribution in [2.75, 3.05) is 6.54 Å². The molecule has 18 heavy (non-hydrogen) atoms. The molecule has 0 spiro atoms. The summed E-state index contributed by atoms with van der Waals surface area (Å²) in [6, 6.07) is 8.12. The SMILES string of the molecule is CC(C)c1ccc(/C=C/C(=O)NC[C@@H](C)O)cc1. The average molecular weight is 247 g/mol. The largest absolute Gasteiger partial charge is 0.392 e. The van der Waals surface area contributed by atoms with E-state index >= 15 is 0 Å². The van der Waals surface area contributed by atoms with Gasteiger partial charge in [0, 0.05) is 12.6 Å². The van der Waals surface area contributed by atoms with Crippen LogP contribution in [0.5, 0.6) is 0 Å². The molecule has 0 aliphatic rings. The molecule has 1 atom stereocenters. The van der Waals surface area contributed by atoms with Gasteiger partial charge in [-0.1, -0.05) is 38.1 Å². The fourth-order valence-electron chi connectivity index (χ4n) is 1.47. The monoisotopic (exact) mass is 247 g/mol. The van der Waals surface area contributed by atoms with Crippen LogP contribution in [0, 0.1) is 0 Å². The first kappa shape index (κ1) is 14.5. The van der Waals surface area contributed by atoms with Crippen LogP contribution >= 0.6 is 0 Å². The molecular formula is C15H21NO2. The number of hydrogen-bond acceptors (Lipinski definition) is 2. The molecule has 0 aliphatic carbocycles. The number of nitrogens with one attached hydrogen (secondary N) is 1. The van der Waals surface area contributed by atoms with Gasteiger partial charge in [-0.15, -0.1) is 0 Å². The molecule has 1 rings (SSSR count). The van der Waals surface area contributed by atoms with Crippen molar-refractivity contribution >= 4 is 12.0 Å². The van der Waals surface area contributed by atoms with E-state index < -0.39 is 6.10 Å². The zero-order valence-electron chi connectivity index (χ0n) is 11.2. The van der Waals surface area contributed by atoms with Gasteiger partial charge < -0.3 is 10.4 Å². The van der Waals surface area contributed by atoms with Crippen molar-refractivity contribution in [3.05, 3.63) is 41.5 Å². The molecule has 1 aromatic rings. The Morgan fingerprint density at radius 1 is 1.28 bits per heavy atom. The molecule has 0 radical (unpaired) electrons. The van der Waals surface area contributed by atoms with Gasteiger partial charge >= 0.3 is 0 Å². The number of amides is 1. The van der Waals surface area contributed by atoms with Crippen molar-refractivity contribution in [3.63, 3.8) is 0 Å². The van der Waals surface area contributed by atoms with Crippen molar-refractivity contribution in [2.24, 2.45) is 0 Å². The lowest BCUT2D eigenvalue weighted by molar-refractivity contribution is -0.116. The topological polar surface area (TPSA) is 49.3 Å². The summed E-state index contributed by atoms with van der Waals surface area (Å²) in [5.74, 6) is 0.321. The fourth-order valence-corrected chi connectivity index (χ4v) is 1.47. The van der Waals surface area contributed by atoms with Crippen LogP contribution < -0.4 is 5.32 Å². The second-order valence-corrected chi connectivity index (χ2v) is 4.75. The van der Waals surface area contributed by atoms with Gasteiger partial charge in [0.05, 0.1) is 6.10 Å². The van der Waals surface area contributed by atoms with Crippen molar-refractivity contribution in [1.82, 2.24) is 5.32 Å². The number of aliphatic hydroxyl groups excluding tert-OH is 1. The Morgan fingerprint density at radius 2 is 1.89 bits per heavy atom. The highest BCUT2D eigenvalue weighted by atomic mass is 16.3. The lowest BCUT2D eigenvalue weighted by Gasteiger charge is -2.05. The average Bonchev–Trinajstić information content (AvgIpc) is 2.34. The molecule has 0 aromatic heterocycles. The Balaban J connectivity index is 2.53. The molecule has 0 saturated carbocycles. The third-order valence-corrected chi connectivity index (χ3v) is 2.60. The summed E-state index contributed by atoms with van der Waals surface area (Å²) in [6.07, 6.45) is 2.72. The Labute approximate surface area is 109 Å². The van der Waals surface area contributed by atoms with E-state index in [1.165, 1.54) is 11.6 Å². The quantitative estimate of drug-likeness (QED) is 0.784. The van der Waals surface area contributed by atoms with Crippen LogP contribution in [-0.4, -0.2) is 23.7 Å². The van der Waals surface area contributed by atoms with Crippen molar-refractivity contribution in [2.45, 2.75) is 32.8 Å². The van der Waals surface area contributed by atoms with Gasteiger partial charge in [-0.25, -0.2) is 0 Å². The smallest absolute Gasteiger partial charge is 0.244 e. The van der Waals surface area contributed by atoms with E-state index in [1.54, 1.807) is 13.0 Å². The van der Waals surface area contributed by atoms with Crippen molar-refractivity contribution in [1.29, 1.82) is 0 Å². The molecule has 3 nitrogen and oxygen atoms in total. The Hall–Kier alpha value is -1.61. The molecule has 1 amide bonds. The van der Waals surface area contributed by atoms with Crippen molar-refractivity contribution in [3.8, 4) is 0 Å². The number of benzene rings is 1. The van der Waals surface area contributed by atoms with Crippen LogP contribution in [0.2, 0.25) is 0 Å². The fraction of sp³-hybridized carbons (Fsp3) is 0.400. The minimum Gasteiger partial charge on any atom is -0.392 e. The molecular weight excluding hydrogens is 226 g/mol. The summed E-state index contributed by atoms with van der Waals surface area (Å²) >= 11 is 0. The first-order chi connectivity index (χ1) is 8.49. The molecule has 0 unspecified atom stereocenters. The van der Waals surface area contributed by atoms with Crippen LogP contribution in [0.3, 0.4) is 0 Å². The van der Waals surface area contributed by atoms with Crippen LogP contribution in [-0.2, 0) is 4.79 Å². The molecule has 0 saturated heterocycles. The Morgan fingerprint density at radius 3 is 2.39 bits per heavy atom. The third-order valence-electron chi connectivity index (χ3n) is 2.60. The molecule has 98 valence electrons. The first-order valence-electron chi connectivity index (χ1n) is 6.23. The number of carbonyl (C=O) groups excluding carboxylic acids is 1. The minimum absolute atomic E-state index is 0.191. The summed E-state index contributed by atoms with van der Waals surface area (Å²) in [4.78, 5) is 11.4. The highest BCUT2D eigenvalue weighted by Gasteiger charge is 1.99. The van der Waals surface area contributed by atoms with Gasteiger partial charge in [-0.05, 0) is 30.0 Å². The van der Waals surface area contributed by atoms with Crippen molar-refractivity contribution < 1.29 is 9.90 Å². The zero-order chi connectivity index (χ0) is 13.5. The molecule has 0 bridgehead atoms. The second-order valence-electron chi connectivity index (χ2n) is 4.75. The number of rotatable bonds is 5. The second kappa shape index (κ2) is 6.97. The predicted octanol–water partition coefficient (Wildman–Crippen LogP) is 2.32. The maximum Gasteiger partial charge on any atom is 0.244 e. The van der Waals surface area contributed by atoms with Gasteiger partial charge in [0.2, 0.25) is 5.91 Å². The van der Waals surface area contributed by atoms with E-state index in [1.807, 2.05) is 12.1 Å². The van der Waals surface area contributed by atoms with E-state index in [2.05, 4.69) is 31.3 Å². The number of carbonyl (C=O) groups is 1. The van der Waals surface area contributed by atoms with E-state index in [0.29, 0.717) is 5.92 Å². The molecule has 0 heterocycles.